The maximum absolute atomic E-state index is 6.79. The summed E-state index contributed by atoms with van der Waals surface area (Å²) in [6.45, 7) is 0. The fourth-order valence-corrected chi connectivity index (χ4v) is 11.6. The molecule has 2 aliphatic heterocycles. The van der Waals surface area contributed by atoms with Crippen LogP contribution in [0.2, 0.25) is 0 Å². The Hall–Kier alpha value is -9.05. The Morgan fingerprint density at radius 3 is 1.54 bits per heavy atom. The van der Waals surface area contributed by atoms with Gasteiger partial charge in [0.1, 0.15) is 17.7 Å². The first-order chi connectivity index (χ1) is 34.7. The van der Waals surface area contributed by atoms with Crippen LogP contribution in [0.1, 0.15) is 45.1 Å². The van der Waals surface area contributed by atoms with E-state index in [1.54, 1.807) is 0 Å². The highest BCUT2D eigenvalue weighted by atomic mass is 16.5. The smallest absolute Gasteiger partial charge is 0.145 e. The molecule has 3 heteroatoms. The van der Waals surface area contributed by atoms with E-state index in [0.29, 0.717) is 0 Å². The van der Waals surface area contributed by atoms with Gasteiger partial charge < -0.3 is 10.1 Å². The first kappa shape index (κ1) is 40.1. The van der Waals surface area contributed by atoms with Gasteiger partial charge in [0, 0.05) is 22.4 Å². The van der Waals surface area contributed by atoms with Crippen LogP contribution >= 0.6 is 0 Å². The average Bonchev–Trinajstić information content (AvgIpc) is 3.76. The second kappa shape index (κ2) is 16.0. The molecule has 0 bridgehead atoms. The van der Waals surface area contributed by atoms with Crippen LogP contribution < -0.4 is 10.1 Å². The van der Waals surface area contributed by atoms with Crippen molar-refractivity contribution in [2.45, 2.75) is 11.6 Å². The van der Waals surface area contributed by atoms with E-state index >= 15 is 0 Å². The lowest BCUT2D eigenvalue weighted by Gasteiger charge is -2.40. The minimum Gasteiger partial charge on any atom is -0.457 e. The molecule has 0 aromatic heterocycles. The van der Waals surface area contributed by atoms with E-state index in [4.69, 9.17) is 9.73 Å². The summed E-state index contributed by atoms with van der Waals surface area (Å²) in [5.74, 6) is 1.78. The van der Waals surface area contributed by atoms with Crippen LogP contribution in [-0.2, 0) is 5.41 Å². The van der Waals surface area contributed by atoms with E-state index in [0.717, 1.165) is 67.4 Å². The molecule has 11 aromatic carbocycles. The molecule has 14 rings (SSSR count). The zero-order chi connectivity index (χ0) is 46.2. The zero-order valence-electron chi connectivity index (χ0n) is 38.2. The van der Waals surface area contributed by atoms with E-state index in [2.05, 4.69) is 260 Å². The summed E-state index contributed by atoms with van der Waals surface area (Å²) in [5.41, 5.74) is 19.1. The topological polar surface area (TPSA) is 33.6 Å². The van der Waals surface area contributed by atoms with Gasteiger partial charge in [0.2, 0.25) is 0 Å². The van der Waals surface area contributed by atoms with Crippen molar-refractivity contribution < 1.29 is 4.74 Å². The number of hydrogen-bond donors (Lipinski definition) is 1. The molecule has 3 nitrogen and oxygen atoms in total. The van der Waals surface area contributed by atoms with Crippen LogP contribution in [0, 0.1) is 0 Å². The van der Waals surface area contributed by atoms with Crippen molar-refractivity contribution >= 4 is 33.0 Å². The molecule has 0 radical (unpaired) electrons. The van der Waals surface area contributed by atoms with Gasteiger partial charge in [0.05, 0.1) is 11.1 Å². The Morgan fingerprint density at radius 2 is 0.857 bits per heavy atom. The average molecular weight is 893 g/mol. The number of aliphatic imine (C=N–C) groups is 1. The number of para-hydroxylation sites is 2. The number of fused-ring (bicyclic) bond motifs is 14. The molecule has 2 heterocycles. The van der Waals surface area contributed by atoms with Gasteiger partial charge >= 0.3 is 0 Å². The molecule has 0 saturated carbocycles. The molecule has 70 heavy (non-hydrogen) atoms. The van der Waals surface area contributed by atoms with Crippen LogP contribution in [0.15, 0.2) is 260 Å². The third kappa shape index (κ3) is 6.25. The third-order valence-corrected chi connectivity index (χ3v) is 14.8. The van der Waals surface area contributed by atoms with Crippen molar-refractivity contribution in [3.8, 4) is 56.0 Å². The number of nitrogens with zero attached hydrogens (tertiary/aromatic N) is 1. The monoisotopic (exact) mass is 892 g/mol. The Labute approximate surface area is 407 Å². The molecule has 11 aromatic rings. The maximum Gasteiger partial charge on any atom is 0.145 e. The number of ether oxygens (including phenoxy) is 1. The molecule has 1 spiro atoms. The fraction of sp³-hybridized carbons (Fsp3) is 0.0299. The highest BCUT2D eigenvalue weighted by molar-refractivity contribution is 6.19. The second-order valence-electron chi connectivity index (χ2n) is 18.6. The molecule has 0 saturated heterocycles. The lowest BCUT2D eigenvalue weighted by Crippen LogP contribution is -2.32. The molecular formula is C67H44N2O. The van der Waals surface area contributed by atoms with Gasteiger partial charge in [-0.15, -0.1) is 0 Å². The van der Waals surface area contributed by atoms with Gasteiger partial charge in [-0.25, -0.2) is 0 Å². The molecule has 1 atom stereocenters. The molecule has 328 valence electrons. The van der Waals surface area contributed by atoms with Crippen LogP contribution in [0.3, 0.4) is 0 Å². The maximum atomic E-state index is 6.79. The van der Waals surface area contributed by atoms with Crippen molar-refractivity contribution in [1.82, 2.24) is 5.32 Å². The number of nitrogens with one attached hydrogen (secondary N) is 1. The second-order valence-corrected chi connectivity index (χ2v) is 18.6. The van der Waals surface area contributed by atoms with E-state index in [9.17, 15) is 0 Å². The lowest BCUT2D eigenvalue weighted by atomic mass is 9.64. The predicted molar refractivity (Wildman–Crippen MR) is 288 cm³/mol. The fourth-order valence-electron chi connectivity index (χ4n) is 11.6. The van der Waals surface area contributed by atoms with Gasteiger partial charge in [-0.05, 0) is 125 Å². The van der Waals surface area contributed by atoms with Crippen molar-refractivity contribution in [2.24, 2.45) is 4.99 Å². The van der Waals surface area contributed by atoms with Gasteiger partial charge in [0.15, 0.2) is 0 Å². The van der Waals surface area contributed by atoms with E-state index < -0.39 is 5.41 Å². The number of hydrogen-bond acceptors (Lipinski definition) is 3. The van der Waals surface area contributed by atoms with Crippen LogP contribution in [-0.4, -0.2) is 5.71 Å². The Morgan fingerprint density at radius 1 is 0.371 bits per heavy atom. The first-order valence-corrected chi connectivity index (χ1v) is 24.1. The SMILES string of the molecule is C1=C(c2ccc(-c3ccccc3)cc2)NC(c2ccccc2)N=C1c1cccc(-c2cccc(-c3ccc4c(c3)C3(c5ccccc5Oc5ccccc53)c3c-4c4ccccc4c4ccccc34)c2)c1. The first-order valence-electron chi connectivity index (χ1n) is 24.1. The largest absolute Gasteiger partial charge is 0.457 e. The molecule has 1 N–H and O–H groups in total. The molecule has 0 fully saturated rings. The normalized spacial score (nSPS) is 14.9. The minimum absolute atomic E-state index is 0.239. The third-order valence-electron chi connectivity index (χ3n) is 14.8. The summed E-state index contributed by atoms with van der Waals surface area (Å²) in [6.07, 6.45) is 1.96. The lowest BCUT2D eigenvalue weighted by molar-refractivity contribution is 0.437. The molecule has 3 aliphatic rings. The summed E-state index contributed by atoms with van der Waals surface area (Å²) in [4.78, 5) is 5.35. The minimum atomic E-state index is -0.634. The molecule has 1 unspecified atom stereocenters. The van der Waals surface area contributed by atoms with Crippen molar-refractivity contribution in [3.05, 3.63) is 294 Å². The molecule has 1 aliphatic carbocycles. The summed E-state index contributed by atoms with van der Waals surface area (Å²) in [5, 5.41) is 8.81. The summed E-state index contributed by atoms with van der Waals surface area (Å²) in [7, 11) is 0. The van der Waals surface area contributed by atoms with Crippen LogP contribution in [0.4, 0.5) is 0 Å². The van der Waals surface area contributed by atoms with E-state index in [1.165, 1.54) is 60.5 Å². The van der Waals surface area contributed by atoms with Crippen molar-refractivity contribution in [2.75, 3.05) is 0 Å². The van der Waals surface area contributed by atoms with Crippen LogP contribution in [0.5, 0.6) is 11.5 Å². The summed E-state index contributed by atoms with van der Waals surface area (Å²) in [6, 6.07) is 90.1. The van der Waals surface area contributed by atoms with Gasteiger partial charge in [-0.2, -0.15) is 0 Å². The molecular weight excluding hydrogens is 849 g/mol. The highest BCUT2D eigenvalue weighted by Gasteiger charge is 2.52. The van der Waals surface area contributed by atoms with E-state index in [-0.39, 0.29) is 6.17 Å². The Balaban J connectivity index is 0.898. The summed E-state index contributed by atoms with van der Waals surface area (Å²) < 4.78 is 6.79. The Bertz CT molecular complexity index is 3900. The van der Waals surface area contributed by atoms with Crippen LogP contribution in [0.25, 0.3) is 71.7 Å². The number of allylic oxidation sites excluding steroid dienone is 1. The Kier molecular flexibility index (Phi) is 9.18. The quantitative estimate of drug-likeness (QED) is 0.169. The van der Waals surface area contributed by atoms with Gasteiger partial charge in [-0.3, -0.25) is 4.99 Å². The summed E-state index contributed by atoms with van der Waals surface area (Å²) >= 11 is 0. The van der Waals surface area contributed by atoms with Gasteiger partial charge in [-0.1, -0.05) is 218 Å². The van der Waals surface area contributed by atoms with Crippen molar-refractivity contribution in [1.29, 1.82) is 0 Å². The predicted octanol–water partition coefficient (Wildman–Crippen LogP) is 16.6. The van der Waals surface area contributed by atoms with Crippen molar-refractivity contribution in [3.63, 3.8) is 0 Å². The van der Waals surface area contributed by atoms with Gasteiger partial charge in [0.25, 0.3) is 0 Å². The zero-order valence-corrected chi connectivity index (χ0v) is 38.2. The standard InChI is InChI=1S/C67H44N2O/c1-3-17-43(18-4-1)44-33-35-45(36-34-44)60-42-61(69-66(68-60)46-19-5-2-6-20-46)51-24-16-23-49(40-51)47-21-15-22-48(39-47)50-37-38-56-59(41-50)67(57-29-11-13-31-62(57)70-63-32-14-12-30-58(63)67)65-55-28-10-8-26-53(55)52-25-7-9-27-54(52)64(56)65/h1-42,66,68H. The number of benzene rings is 11. The number of rotatable bonds is 6. The molecule has 0 amide bonds. The van der Waals surface area contributed by atoms with E-state index in [1.807, 2.05) is 0 Å². The highest BCUT2D eigenvalue weighted by Crippen LogP contribution is 2.65.